The SMILES string of the molecule is Cc1ccc(OCC(=O)NC2CC2)c([C@H](C)N)c1. The van der Waals surface area contributed by atoms with Crippen molar-refractivity contribution in [1.29, 1.82) is 0 Å². The summed E-state index contributed by atoms with van der Waals surface area (Å²) in [6.45, 7) is 3.97. The lowest BCUT2D eigenvalue weighted by Crippen LogP contribution is -2.30. The normalized spacial score (nSPS) is 16.2. The quantitative estimate of drug-likeness (QED) is 0.833. The van der Waals surface area contributed by atoms with Crippen LogP contribution in [0.15, 0.2) is 18.2 Å². The third-order valence-electron chi connectivity index (χ3n) is 2.96. The minimum Gasteiger partial charge on any atom is -0.483 e. The Morgan fingerprint density at radius 1 is 1.56 bits per heavy atom. The second kappa shape index (κ2) is 5.40. The van der Waals surface area contributed by atoms with Gasteiger partial charge in [0.1, 0.15) is 5.75 Å². The fraction of sp³-hybridized carbons (Fsp3) is 0.500. The van der Waals surface area contributed by atoms with E-state index in [1.165, 1.54) is 0 Å². The van der Waals surface area contributed by atoms with E-state index in [1.807, 2.05) is 32.0 Å². The smallest absolute Gasteiger partial charge is 0.258 e. The molecule has 1 aliphatic rings. The predicted molar refractivity (Wildman–Crippen MR) is 70.4 cm³/mol. The van der Waals surface area contributed by atoms with Crippen LogP contribution in [0.1, 0.15) is 36.9 Å². The van der Waals surface area contributed by atoms with E-state index < -0.39 is 0 Å². The van der Waals surface area contributed by atoms with Crippen molar-refractivity contribution in [2.24, 2.45) is 5.73 Å². The van der Waals surface area contributed by atoms with E-state index in [2.05, 4.69) is 5.32 Å². The zero-order valence-corrected chi connectivity index (χ0v) is 10.9. The maximum atomic E-state index is 11.5. The van der Waals surface area contributed by atoms with Gasteiger partial charge in [0.25, 0.3) is 5.91 Å². The third-order valence-corrected chi connectivity index (χ3v) is 2.96. The monoisotopic (exact) mass is 248 g/mol. The summed E-state index contributed by atoms with van der Waals surface area (Å²) in [6.07, 6.45) is 2.17. The molecule has 4 nitrogen and oxygen atoms in total. The van der Waals surface area contributed by atoms with E-state index >= 15 is 0 Å². The molecule has 1 amide bonds. The Morgan fingerprint density at radius 2 is 2.28 bits per heavy atom. The lowest BCUT2D eigenvalue weighted by Gasteiger charge is -2.14. The van der Waals surface area contributed by atoms with Gasteiger partial charge in [-0.25, -0.2) is 0 Å². The van der Waals surface area contributed by atoms with Gasteiger partial charge in [0.15, 0.2) is 6.61 Å². The first kappa shape index (κ1) is 12.9. The Labute approximate surface area is 108 Å². The van der Waals surface area contributed by atoms with Gasteiger partial charge in [0.2, 0.25) is 0 Å². The number of amides is 1. The number of rotatable bonds is 5. The van der Waals surface area contributed by atoms with Crippen LogP contribution in [-0.2, 0) is 4.79 Å². The molecule has 0 bridgehead atoms. The van der Waals surface area contributed by atoms with Gasteiger partial charge in [0.05, 0.1) is 0 Å². The number of carbonyl (C=O) groups excluding carboxylic acids is 1. The summed E-state index contributed by atoms with van der Waals surface area (Å²) in [6, 6.07) is 6.09. The second-order valence-corrected chi connectivity index (χ2v) is 4.96. The Balaban J connectivity index is 1.96. The van der Waals surface area contributed by atoms with Crippen LogP contribution in [0.5, 0.6) is 5.75 Å². The average Bonchev–Trinajstić information content (AvgIpc) is 3.11. The van der Waals surface area contributed by atoms with Crippen LogP contribution >= 0.6 is 0 Å². The number of ether oxygens (including phenoxy) is 1. The van der Waals surface area contributed by atoms with E-state index in [9.17, 15) is 4.79 Å². The number of hydrogen-bond acceptors (Lipinski definition) is 3. The first-order valence-corrected chi connectivity index (χ1v) is 6.34. The van der Waals surface area contributed by atoms with Crippen LogP contribution in [0.4, 0.5) is 0 Å². The second-order valence-electron chi connectivity index (χ2n) is 4.96. The first-order valence-electron chi connectivity index (χ1n) is 6.34. The molecule has 1 aromatic carbocycles. The fourth-order valence-corrected chi connectivity index (χ4v) is 1.80. The molecule has 1 atom stereocenters. The molecule has 0 aromatic heterocycles. The number of hydrogen-bond donors (Lipinski definition) is 2. The molecule has 2 rings (SSSR count). The topological polar surface area (TPSA) is 64.3 Å². The predicted octanol–water partition coefficient (Wildman–Crippen LogP) is 1.67. The molecule has 0 spiro atoms. The molecule has 0 aliphatic heterocycles. The highest BCUT2D eigenvalue weighted by atomic mass is 16.5. The van der Waals surface area contributed by atoms with Gasteiger partial charge >= 0.3 is 0 Å². The van der Waals surface area contributed by atoms with Gasteiger partial charge in [-0.1, -0.05) is 17.7 Å². The van der Waals surface area contributed by atoms with E-state index in [0.717, 1.165) is 24.0 Å². The lowest BCUT2D eigenvalue weighted by molar-refractivity contribution is -0.123. The van der Waals surface area contributed by atoms with Crippen LogP contribution in [0, 0.1) is 6.92 Å². The lowest BCUT2D eigenvalue weighted by atomic mass is 10.1. The van der Waals surface area contributed by atoms with Gasteiger partial charge < -0.3 is 15.8 Å². The van der Waals surface area contributed by atoms with Crippen molar-refractivity contribution in [3.63, 3.8) is 0 Å². The minimum absolute atomic E-state index is 0.0548. The highest BCUT2D eigenvalue weighted by Gasteiger charge is 2.23. The van der Waals surface area contributed by atoms with Crippen LogP contribution in [0.25, 0.3) is 0 Å². The Bertz CT molecular complexity index is 439. The molecule has 18 heavy (non-hydrogen) atoms. The number of benzene rings is 1. The Kier molecular flexibility index (Phi) is 3.87. The molecule has 3 N–H and O–H groups in total. The molecule has 4 heteroatoms. The fourth-order valence-electron chi connectivity index (χ4n) is 1.80. The first-order chi connectivity index (χ1) is 8.56. The van der Waals surface area contributed by atoms with Crippen LogP contribution in [0.3, 0.4) is 0 Å². The Hall–Kier alpha value is -1.55. The molecule has 0 heterocycles. The largest absolute Gasteiger partial charge is 0.483 e. The van der Waals surface area contributed by atoms with Crippen molar-refractivity contribution < 1.29 is 9.53 Å². The summed E-state index contributed by atoms with van der Waals surface area (Å²) in [4.78, 5) is 11.5. The van der Waals surface area contributed by atoms with Gasteiger partial charge in [-0.3, -0.25) is 4.79 Å². The summed E-state index contributed by atoms with van der Waals surface area (Å²) >= 11 is 0. The van der Waals surface area contributed by atoms with Gasteiger partial charge in [-0.2, -0.15) is 0 Å². The van der Waals surface area contributed by atoms with Gasteiger partial charge in [0, 0.05) is 17.6 Å². The highest BCUT2D eigenvalue weighted by Crippen LogP contribution is 2.25. The van der Waals surface area contributed by atoms with Gasteiger partial charge in [-0.15, -0.1) is 0 Å². The molecule has 0 unspecified atom stereocenters. The van der Waals surface area contributed by atoms with E-state index in [-0.39, 0.29) is 18.6 Å². The van der Waals surface area contributed by atoms with Crippen molar-refractivity contribution in [3.8, 4) is 5.75 Å². The zero-order valence-electron chi connectivity index (χ0n) is 10.9. The third kappa shape index (κ3) is 3.47. The average molecular weight is 248 g/mol. The molecule has 1 saturated carbocycles. The summed E-state index contributed by atoms with van der Waals surface area (Å²) in [5.74, 6) is 0.634. The number of nitrogens with one attached hydrogen (secondary N) is 1. The molecule has 1 fully saturated rings. The van der Waals surface area contributed by atoms with Crippen LogP contribution in [-0.4, -0.2) is 18.6 Å². The standard InChI is InChI=1S/C14H20N2O2/c1-9-3-6-13(12(7-9)10(2)15)18-8-14(17)16-11-4-5-11/h3,6-7,10-11H,4-5,8,15H2,1-2H3,(H,16,17)/t10-/m0/s1. The molecular weight excluding hydrogens is 228 g/mol. The summed E-state index contributed by atoms with van der Waals surface area (Å²) in [5, 5.41) is 2.89. The van der Waals surface area contributed by atoms with Crippen LogP contribution < -0.4 is 15.8 Å². The van der Waals surface area contributed by atoms with Crippen LogP contribution in [0.2, 0.25) is 0 Å². The molecule has 1 aliphatic carbocycles. The summed E-state index contributed by atoms with van der Waals surface area (Å²) in [5.41, 5.74) is 7.98. The van der Waals surface area contributed by atoms with Crippen molar-refractivity contribution in [2.45, 2.75) is 38.8 Å². The molecule has 1 aromatic rings. The number of aryl methyl sites for hydroxylation is 1. The number of carbonyl (C=O) groups is 1. The van der Waals surface area contributed by atoms with E-state index in [4.69, 9.17) is 10.5 Å². The zero-order chi connectivity index (χ0) is 13.1. The van der Waals surface area contributed by atoms with Crippen molar-refractivity contribution in [2.75, 3.05) is 6.61 Å². The number of nitrogens with two attached hydrogens (primary N) is 1. The Morgan fingerprint density at radius 3 is 2.89 bits per heavy atom. The maximum Gasteiger partial charge on any atom is 0.258 e. The maximum absolute atomic E-state index is 11.5. The van der Waals surface area contributed by atoms with E-state index in [0.29, 0.717) is 11.8 Å². The van der Waals surface area contributed by atoms with Crippen molar-refractivity contribution >= 4 is 5.91 Å². The van der Waals surface area contributed by atoms with Crippen molar-refractivity contribution in [1.82, 2.24) is 5.32 Å². The van der Waals surface area contributed by atoms with Gasteiger partial charge in [-0.05, 0) is 32.8 Å². The molecule has 98 valence electrons. The molecule has 0 radical (unpaired) electrons. The minimum atomic E-state index is -0.105. The molecular formula is C14H20N2O2. The summed E-state index contributed by atoms with van der Waals surface area (Å²) < 4.78 is 5.55. The van der Waals surface area contributed by atoms with E-state index in [1.54, 1.807) is 0 Å². The molecule has 0 saturated heterocycles. The van der Waals surface area contributed by atoms with Crippen molar-refractivity contribution in [3.05, 3.63) is 29.3 Å². The summed E-state index contributed by atoms with van der Waals surface area (Å²) in [7, 11) is 0. The highest BCUT2D eigenvalue weighted by molar-refractivity contribution is 5.78.